The Balaban J connectivity index is 2.01. The van der Waals surface area contributed by atoms with Crippen molar-refractivity contribution in [1.82, 2.24) is 16.2 Å². The molecule has 2 rings (SSSR count). The maximum Gasteiger partial charge on any atom is 0.273 e. The number of methoxy groups -OCH3 is 1. The van der Waals surface area contributed by atoms with Crippen molar-refractivity contribution in [2.24, 2.45) is 17.0 Å². The number of amides is 1. The quantitative estimate of drug-likeness (QED) is 0.432. The summed E-state index contributed by atoms with van der Waals surface area (Å²) in [5.74, 6) is 0.710. The number of benzene rings is 1. The summed E-state index contributed by atoms with van der Waals surface area (Å²) < 4.78 is 28.1. The minimum Gasteiger partial charge on any atom is -0.496 e. The molecule has 0 unspecified atom stereocenters. The van der Waals surface area contributed by atoms with Gasteiger partial charge >= 0.3 is 0 Å². The van der Waals surface area contributed by atoms with Crippen molar-refractivity contribution in [3.05, 3.63) is 23.8 Å². The number of nitrogens with two attached hydrogens (primary N) is 1. The minimum absolute atomic E-state index is 0.0268. The summed E-state index contributed by atoms with van der Waals surface area (Å²) in [6, 6.07) is 4.05. The molecule has 0 saturated heterocycles. The molecule has 10 heteroatoms. The lowest BCUT2D eigenvalue weighted by Crippen LogP contribution is -2.52. The van der Waals surface area contributed by atoms with Crippen LogP contribution in [-0.2, 0) is 10.0 Å². The van der Waals surface area contributed by atoms with E-state index in [0.29, 0.717) is 16.9 Å². The summed E-state index contributed by atoms with van der Waals surface area (Å²) in [5.41, 5.74) is 5.14. The largest absolute Gasteiger partial charge is 0.496 e. The summed E-state index contributed by atoms with van der Waals surface area (Å²) in [6.07, 6.45) is 3.36. The molecule has 5 N–H and O–H groups in total. The molecule has 0 radical (unpaired) electrons. The van der Waals surface area contributed by atoms with E-state index in [1.165, 1.54) is 25.7 Å². The number of rotatable bonds is 4. The average molecular weight is 415 g/mol. The van der Waals surface area contributed by atoms with Crippen LogP contribution in [0.15, 0.2) is 23.1 Å². The molecule has 150 valence electrons. The lowest BCUT2D eigenvalue weighted by molar-refractivity contribution is 0.0940. The maximum atomic E-state index is 12.4. The smallest absolute Gasteiger partial charge is 0.273 e. The zero-order chi connectivity index (χ0) is 20.2. The number of thiocarbonyl (C=S) groups is 1. The van der Waals surface area contributed by atoms with Gasteiger partial charge in [-0.3, -0.25) is 15.6 Å². The summed E-state index contributed by atoms with van der Waals surface area (Å²) in [6.45, 7) is 4.41. The van der Waals surface area contributed by atoms with E-state index in [1.807, 2.05) is 0 Å². The molecule has 0 aliphatic heterocycles. The van der Waals surface area contributed by atoms with Crippen LogP contribution in [-0.4, -0.2) is 32.6 Å². The number of nitrogens with one attached hydrogen (secondary N) is 3. The third-order valence-corrected chi connectivity index (χ3v) is 6.19. The maximum absolute atomic E-state index is 12.4. The van der Waals surface area contributed by atoms with E-state index in [0.717, 1.165) is 18.9 Å². The predicted molar refractivity (Wildman–Crippen MR) is 107 cm³/mol. The van der Waals surface area contributed by atoms with Crippen LogP contribution in [0.3, 0.4) is 0 Å². The molecule has 1 aromatic carbocycles. The number of carbonyl (C=O) groups excluding carboxylic acids is 1. The van der Waals surface area contributed by atoms with Crippen molar-refractivity contribution in [2.75, 3.05) is 7.11 Å². The van der Waals surface area contributed by atoms with Gasteiger partial charge in [0.15, 0.2) is 5.11 Å². The lowest BCUT2D eigenvalue weighted by atomic mass is 9.78. The summed E-state index contributed by atoms with van der Waals surface area (Å²) in [7, 11) is -2.56. The first kappa shape index (κ1) is 21.4. The molecule has 0 aromatic heterocycles. The monoisotopic (exact) mass is 414 g/mol. The molecule has 3 atom stereocenters. The first-order chi connectivity index (χ1) is 12.6. The van der Waals surface area contributed by atoms with E-state index in [9.17, 15) is 13.2 Å². The van der Waals surface area contributed by atoms with Crippen molar-refractivity contribution >= 4 is 33.3 Å². The Morgan fingerprint density at radius 1 is 1.26 bits per heavy atom. The number of hydrogen-bond donors (Lipinski definition) is 4. The molecule has 8 nitrogen and oxygen atoms in total. The van der Waals surface area contributed by atoms with Gasteiger partial charge in [-0.2, -0.15) is 0 Å². The van der Waals surface area contributed by atoms with Crippen LogP contribution in [0.1, 0.15) is 43.5 Å². The fraction of sp³-hybridized carbons (Fsp3) is 0.529. The summed E-state index contributed by atoms with van der Waals surface area (Å²) in [4.78, 5) is 12.3. The lowest BCUT2D eigenvalue weighted by Gasteiger charge is -2.35. The Labute approximate surface area is 165 Å². The minimum atomic E-state index is -3.94. The number of sulfonamides is 1. The zero-order valence-corrected chi connectivity index (χ0v) is 17.2. The number of hydrazine groups is 1. The highest BCUT2D eigenvalue weighted by molar-refractivity contribution is 7.89. The zero-order valence-electron chi connectivity index (χ0n) is 15.6. The van der Waals surface area contributed by atoms with Gasteiger partial charge in [-0.15, -0.1) is 0 Å². The van der Waals surface area contributed by atoms with Crippen LogP contribution < -0.4 is 26.0 Å². The number of carbonyl (C=O) groups is 1. The summed E-state index contributed by atoms with van der Waals surface area (Å²) >= 11 is 5.26. The van der Waals surface area contributed by atoms with Gasteiger partial charge in [0.2, 0.25) is 10.0 Å². The van der Waals surface area contributed by atoms with Gasteiger partial charge in [0.1, 0.15) is 5.75 Å². The Morgan fingerprint density at radius 2 is 1.96 bits per heavy atom. The third kappa shape index (κ3) is 5.53. The van der Waals surface area contributed by atoms with Gasteiger partial charge in [-0.05, 0) is 48.7 Å². The molecule has 27 heavy (non-hydrogen) atoms. The van der Waals surface area contributed by atoms with Gasteiger partial charge in [0.05, 0.1) is 17.6 Å². The van der Waals surface area contributed by atoms with Crippen LogP contribution in [0.4, 0.5) is 0 Å². The Hall–Kier alpha value is -1.91. The number of ether oxygens (including phenoxy) is 1. The highest BCUT2D eigenvalue weighted by Gasteiger charge is 2.27. The van der Waals surface area contributed by atoms with Crippen molar-refractivity contribution in [3.8, 4) is 5.75 Å². The number of hydrogen-bond acceptors (Lipinski definition) is 5. The highest BCUT2D eigenvalue weighted by Crippen LogP contribution is 2.29. The normalized spacial score (nSPS) is 22.6. The van der Waals surface area contributed by atoms with Gasteiger partial charge < -0.3 is 10.1 Å². The molecule has 1 fully saturated rings. The van der Waals surface area contributed by atoms with E-state index in [4.69, 9.17) is 22.1 Å². The first-order valence-electron chi connectivity index (χ1n) is 8.71. The standard InChI is InChI=1S/C17H26N4O4S2/c1-10-5-4-6-14(11(10)2)19-17(26)21-20-16(22)13-9-12(27(18,23)24)7-8-15(13)25-3/h7-11,14H,4-6H2,1-3H3,(H,20,22)(H2,18,23,24)(H2,19,21,26)/t10-,11-,14+/m1/s1. The van der Waals surface area contributed by atoms with E-state index in [-0.39, 0.29) is 22.3 Å². The Kier molecular flexibility index (Phi) is 7.01. The van der Waals surface area contributed by atoms with Crippen molar-refractivity contribution in [2.45, 2.75) is 44.0 Å². The van der Waals surface area contributed by atoms with Crippen LogP contribution in [0, 0.1) is 11.8 Å². The van der Waals surface area contributed by atoms with Crippen molar-refractivity contribution in [1.29, 1.82) is 0 Å². The molecule has 1 aromatic rings. The fourth-order valence-electron chi connectivity index (χ4n) is 3.21. The predicted octanol–water partition coefficient (Wildman–Crippen LogP) is 1.28. The molecule has 0 bridgehead atoms. The van der Waals surface area contributed by atoms with E-state index in [2.05, 4.69) is 30.0 Å². The molecular weight excluding hydrogens is 388 g/mol. The Morgan fingerprint density at radius 3 is 2.59 bits per heavy atom. The molecule has 1 aliphatic carbocycles. The van der Waals surface area contributed by atoms with Gasteiger partial charge in [-0.1, -0.05) is 26.7 Å². The van der Waals surface area contributed by atoms with E-state index < -0.39 is 15.9 Å². The fourth-order valence-corrected chi connectivity index (χ4v) is 3.95. The van der Waals surface area contributed by atoms with Crippen LogP contribution in [0.5, 0.6) is 5.75 Å². The highest BCUT2D eigenvalue weighted by atomic mass is 32.2. The van der Waals surface area contributed by atoms with Gasteiger partial charge in [0, 0.05) is 6.04 Å². The van der Waals surface area contributed by atoms with Crippen molar-refractivity contribution < 1.29 is 17.9 Å². The first-order valence-corrected chi connectivity index (χ1v) is 10.7. The Bertz CT molecular complexity index is 813. The van der Waals surface area contributed by atoms with Crippen LogP contribution >= 0.6 is 12.2 Å². The van der Waals surface area contributed by atoms with E-state index in [1.54, 1.807) is 0 Å². The van der Waals surface area contributed by atoms with Gasteiger partial charge in [0.25, 0.3) is 5.91 Å². The second-order valence-electron chi connectivity index (χ2n) is 6.83. The van der Waals surface area contributed by atoms with Crippen molar-refractivity contribution in [3.63, 3.8) is 0 Å². The second kappa shape index (κ2) is 8.85. The molecule has 1 amide bonds. The summed E-state index contributed by atoms with van der Waals surface area (Å²) in [5, 5.41) is 8.65. The number of primary sulfonamides is 1. The third-order valence-electron chi connectivity index (χ3n) is 5.06. The van der Waals surface area contributed by atoms with Gasteiger partial charge in [-0.25, -0.2) is 13.6 Å². The SMILES string of the molecule is COc1ccc(S(N)(=O)=O)cc1C(=O)NNC(=S)N[C@H]1CCC[C@@H](C)[C@H]1C. The average Bonchev–Trinajstić information content (AvgIpc) is 2.62. The molecule has 0 spiro atoms. The molecule has 0 heterocycles. The second-order valence-corrected chi connectivity index (χ2v) is 8.80. The van der Waals surface area contributed by atoms with Crippen LogP contribution in [0.2, 0.25) is 0 Å². The molecule has 1 saturated carbocycles. The molecular formula is C17H26N4O4S2. The van der Waals surface area contributed by atoms with Crippen LogP contribution in [0.25, 0.3) is 0 Å². The van der Waals surface area contributed by atoms with E-state index >= 15 is 0 Å². The molecule has 1 aliphatic rings. The topological polar surface area (TPSA) is 123 Å².